The Kier molecular flexibility index (Phi) is 6.14. The lowest BCUT2D eigenvalue weighted by molar-refractivity contribution is 0.391. The molecule has 0 atom stereocenters. The molecule has 0 amide bonds. The van der Waals surface area contributed by atoms with E-state index in [1.807, 2.05) is 0 Å². The van der Waals surface area contributed by atoms with Crippen LogP contribution < -0.4 is 13.8 Å². The number of aromatic nitrogens is 3. The molecule has 2 aromatic heterocycles. The lowest BCUT2D eigenvalue weighted by atomic mass is 10.2. The fourth-order valence-corrected chi connectivity index (χ4v) is 3.99. The van der Waals surface area contributed by atoms with E-state index in [9.17, 15) is 12.8 Å². The van der Waals surface area contributed by atoms with Gasteiger partial charge < -0.3 is 9.47 Å². The molecule has 1 aromatic carbocycles. The van der Waals surface area contributed by atoms with Gasteiger partial charge in [-0.2, -0.15) is 0 Å². The Hall–Kier alpha value is -2.98. The van der Waals surface area contributed by atoms with Gasteiger partial charge in [0.15, 0.2) is 11.0 Å². The minimum absolute atomic E-state index is 0.0910. The molecule has 0 aliphatic carbocycles. The Morgan fingerprint density at radius 1 is 1.14 bits per heavy atom. The van der Waals surface area contributed by atoms with Crippen molar-refractivity contribution < 1.29 is 22.3 Å². The third-order valence-electron chi connectivity index (χ3n) is 3.99. The zero-order valence-corrected chi connectivity index (χ0v) is 17.0. The van der Waals surface area contributed by atoms with Gasteiger partial charge in [-0.15, -0.1) is 0 Å². The van der Waals surface area contributed by atoms with Gasteiger partial charge in [0.1, 0.15) is 28.5 Å². The largest absolute Gasteiger partial charge is 0.497 e. The van der Waals surface area contributed by atoms with Gasteiger partial charge in [0.25, 0.3) is 10.0 Å². The van der Waals surface area contributed by atoms with Crippen LogP contribution in [0.25, 0.3) is 0 Å². The Balaban J connectivity index is 2.10. The number of hydrogen-bond donors (Lipinski definition) is 0. The van der Waals surface area contributed by atoms with Crippen LogP contribution in [0.15, 0.2) is 53.9 Å². The molecule has 0 aliphatic rings. The first kappa shape index (κ1) is 20.7. The molecule has 0 unspecified atom stereocenters. The van der Waals surface area contributed by atoms with Crippen molar-refractivity contribution in [2.45, 2.75) is 11.4 Å². The van der Waals surface area contributed by atoms with E-state index in [1.54, 1.807) is 18.2 Å². The fraction of sp³-hybridized carbons (Fsp3) is 0.167. The van der Waals surface area contributed by atoms with E-state index in [2.05, 4.69) is 15.0 Å². The van der Waals surface area contributed by atoms with Gasteiger partial charge in [-0.1, -0.05) is 11.6 Å². The van der Waals surface area contributed by atoms with Crippen LogP contribution in [0.3, 0.4) is 0 Å². The van der Waals surface area contributed by atoms with Crippen LogP contribution in [0, 0.1) is 5.82 Å². The molecule has 152 valence electrons. The van der Waals surface area contributed by atoms with Crippen LogP contribution in [0.4, 0.5) is 10.2 Å². The first-order valence-corrected chi connectivity index (χ1v) is 9.99. The highest BCUT2D eigenvalue weighted by Crippen LogP contribution is 2.30. The summed E-state index contributed by atoms with van der Waals surface area (Å²) < 4.78 is 51.9. The average Bonchev–Trinajstić information content (AvgIpc) is 2.74. The Morgan fingerprint density at radius 2 is 1.93 bits per heavy atom. The van der Waals surface area contributed by atoms with E-state index < -0.39 is 21.0 Å². The van der Waals surface area contributed by atoms with E-state index in [1.165, 1.54) is 32.8 Å². The predicted octanol–water partition coefficient (Wildman–Crippen LogP) is 3.08. The Bertz CT molecular complexity index is 1120. The number of nitrogens with zero attached hydrogens (tertiary/aromatic N) is 4. The maximum atomic E-state index is 13.9. The first-order valence-electron chi connectivity index (χ1n) is 8.17. The van der Waals surface area contributed by atoms with Crippen molar-refractivity contribution in [2.24, 2.45) is 0 Å². The lowest BCUT2D eigenvalue weighted by Crippen LogP contribution is -2.31. The summed E-state index contributed by atoms with van der Waals surface area (Å²) in [6.07, 6.45) is 3.60. The number of sulfonamides is 1. The molecule has 11 heteroatoms. The van der Waals surface area contributed by atoms with Gasteiger partial charge >= 0.3 is 0 Å². The Morgan fingerprint density at radius 3 is 2.55 bits per heavy atom. The third kappa shape index (κ3) is 4.38. The molecule has 0 saturated heterocycles. The zero-order valence-electron chi connectivity index (χ0n) is 15.4. The highest BCUT2D eigenvalue weighted by molar-refractivity contribution is 7.92. The number of rotatable bonds is 7. The van der Waals surface area contributed by atoms with E-state index in [-0.39, 0.29) is 17.3 Å². The second-order valence-corrected chi connectivity index (χ2v) is 7.92. The first-order chi connectivity index (χ1) is 13.9. The van der Waals surface area contributed by atoms with Gasteiger partial charge in [-0.05, 0) is 18.2 Å². The fourth-order valence-electron chi connectivity index (χ4n) is 2.53. The molecule has 0 radical (unpaired) electrons. The van der Waals surface area contributed by atoms with Gasteiger partial charge in [0.05, 0.1) is 20.8 Å². The van der Waals surface area contributed by atoms with Crippen molar-refractivity contribution >= 4 is 27.4 Å². The summed E-state index contributed by atoms with van der Waals surface area (Å²) in [4.78, 5) is 11.1. The lowest BCUT2D eigenvalue weighted by Gasteiger charge is -2.24. The molecular formula is C18H16ClFN4O4S. The van der Waals surface area contributed by atoms with Crippen molar-refractivity contribution in [3.05, 3.63) is 65.6 Å². The minimum Gasteiger partial charge on any atom is -0.497 e. The normalized spacial score (nSPS) is 11.2. The molecule has 0 fully saturated rings. The molecule has 0 aliphatic heterocycles. The second-order valence-electron chi connectivity index (χ2n) is 5.70. The summed E-state index contributed by atoms with van der Waals surface area (Å²) in [5.74, 6) is 0.107. The topological polar surface area (TPSA) is 94.5 Å². The maximum absolute atomic E-state index is 13.9. The van der Waals surface area contributed by atoms with Crippen molar-refractivity contribution in [1.82, 2.24) is 15.0 Å². The van der Waals surface area contributed by atoms with Gasteiger partial charge in [-0.25, -0.2) is 32.1 Å². The molecule has 0 N–H and O–H groups in total. The van der Waals surface area contributed by atoms with Crippen molar-refractivity contribution in [3.63, 3.8) is 0 Å². The number of anilines is 1. The molecular weight excluding hydrogens is 423 g/mol. The van der Waals surface area contributed by atoms with Crippen LogP contribution in [0.2, 0.25) is 5.15 Å². The smallest absolute Gasteiger partial charge is 0.267 e. The number of ether oxygens (including phenoxy) is 2. The summed E-state index contributed by atoms with van der Waals surface area (Å²) in [6.45, 7) is -0.142. The van der Waals surface area contributed by atoms with Crippen molar-refractivity contribution in [1.29, 1.82) is 0 Å². The summed E-state index contributed by atoms with van der Waals surface area (Å²) in [7, 11) is -1.27. The highest BCUT2D eigenvalue weighted by Gasteiger charge is 2.28. The summed E-state index contributed by atoms with van der Waals surface area (Å²) in [6, 6.07) is 7.20. The van der Waals surface area contributed by atoms with Gasteiger partial charge in [-0.3, -0.25) is 0 Å². The number of benzene rings is 1. The average molecular weight is 439 g/mol. The van der Waals surface area contributed by atoms with Crippen LogP contribution in [-0.2, 0) is 16.6 Å². The number of pyridine rings is 1. The zero-order chi connectivity index (χ0) is 21.0. The standard InChI is InChI=1S/C18H16ClFN4O4S/c1-27-13-4-3-12(16(7-13)28-2)10-24(17-5-6-21-11-23-17)29(25,26)14-8-15(20)18(19)22-9-14/h3-9,11H,10H2,1-2H3. The molecule has 8 nitrogen and oxygen atoms in total. The summed E-state index contributed by atoms with van der Waals surface area (Å²) in [5, 5.41) is -0.422. The Labute approximate surface area is 172 Å². The third-order valence-corrected chi connectivity index (χ3v) is 5.98. The van der Waals surface area contributed by atoms with Gasteiger partial charge in [0, 0.05) is 30.1 Å². The van der Waals surface area contributed by atoms with E-state index in [0.29, 0.717) is 17.1 Å². The van der Waals surface area contributed by atoms with Crippen LogP contribution in [0.5, 0.6) is 11.5 Å². The molecule has 29 heavy (non-hydrogen) atoms. The molecule has 0 saturated carbocycles. The van der Waals surface area contributed by atoms with Crippen LogP contribution >= 0.6 is 11.6 Å². The van der Waals surface area contributed by atoms with E-state index in [0.717, 1.165) is 16.6 Å². The summed E-state index contributed by atoms with van der Waals surface area (Å²) >= 11 is 5.58. The molecule has 0 spiro atoms. The quantitative estimate of drug-likeness (QED) is 0.523. The summed E-state index contributed by atoms with van der Waals surface area (Å²) in [5.41, 5.74) is 0.540. The van der Waals surface area contributed by atoms with Gasteiger partial charge in [0.2, 0.25) is 0 Å². The predicted molar refractivity (Wildman–Crippen MR) is 104 cm³/mol. The highest BCUT2D eigenvalue weighted by atomic mass is 35.5. The number of halogens is 2. The van der Waals surface area contributed by atoms with Crippen LogP contribution in [0.1, 0.15) is 5.56 Å². The van der Waals surface area contributed by atoms with Crippen LogP contribution in [-0.4, -0.2) is 37.6 Å². The maximum Gasteiger partial charge on any atom is 0.267 e. The molecule has 0 bridgehead atoms. The molecule has 3 aromatic rings. The second kappa shape index (κ2) is 8.58. The monoisotopic (exact) mass is 438 g/mol. The molecule has 2 heterocycles. The number of hydrogen-bond acceptors (Lipinski definition) is 7. The van der Waals surface area contributed by atoms with E-state index >= 15 is 0 Å². The number of methoxy groups -OCH3 is 2. The minimum atomic E-state index is -4.24. The van der Waals surface area contributed by atoms with E-state index in [4.69, 9.17) is 21.1 Å². The molecule has 3 rings (SSSR count). The SMILES string of the molecule is COc1ccc(CN(c2ccncn2)S(=O)(=O)c2cnc(Cl)c(F)c2)c(OC)c1. The van der Waals surface area contributed by atoms with Crippen molar-refractivity contribution in [2.75, 3.05) is 18.5 Å². The van der Waals surface area contributed by atoms with Crippen molar-refractivity contribution in [3.8, 4) is 11.5 Å².